The summed E-state index contributed by atoms with van der Waals surface area (Å²) in [6.45, 7) is 2.10. The molecule has 0 saturated carbocycles. The Balaban J connectivity index is 0.000000277. The summed E-state index contributed by atoms with van der Waals surface area (Å²) >= 11 is 0. The van der Waals surface area contributed by atoms with E-state index in [2.05, 4.69) is 71.3 Å². The number of benzene rings is 1. The van der Waals surface area contributed by atoms with E-state index < -0.39 is 7.81 Å². The molecule has 0 saturated heterocycles. The maximum absolute atomic E-state index is 10.7. The number of imidazole rings is 1. The fraction of sp³-hybridized carbons (Fsp3) is 0.133. The van der Waals surface area contributed by atoms with Gasteiger partial charge in [-0.15, -0.1) is 0 Å². The number of aryl methyl sites for hydroxylation is 2. The summed E-state index contributed by atoms with van der Waals surface area (Å²) < 4.78 is 65.5. The maximum atomic E-state index is 9.87. The van der Waals surface area contributed by atoms with Crippen LogP contribution >= 0.6 is 7.81 Å². The second-order valence-electron chi connectivity index (χ2n) is 5.56. The topological polar surface area (TPSA) is 13.7 Å². The summed E-state index contributed by atoms with van der Waals surface area (Å²) in [5, 5.41) is 0. The summed E-state index contributed by atoms with van der Waals surface area (Å²) in [5.74, 6) is 0. The van der Waals surface area contributed by atoms with Gasteiger partial charge in [0.2, 0.25) is 6.33 Å². The van der Waals surface area contributed by atoms with Crippen LogP contribution in [-0.4, -0.2) is 9.13 Å². The van der Waals surface area contributed by atoms with Crippen molar-refractivity contribution in [3.63, 3.8) is 0 Å². The van der Waals surface area contributed by atoms with Gasteiger partial charge in [0.15, 0.2) is 0 Å². The van der Waals surface area contributed by atoms with Crippen LogP contribution in [0.4, 0.5) is 25.2 Å². The fourth-order valence-corrected chi connectivity index (χ4v) is 2.08. The molecule has 2 aromatic heterocycles. The Morgan fingerprint density at radius 3 is 1.88 bits per heavy atom. The van der Waals surface area contributed by atoms with Crippen molar-refractivity contribution in [1.82, 2.24) is 9.13 Å². The van der Waals surface area contributed by atoms with Gasteiger partial charge in [0.05, 0.1) is 7.05 Å². The summed E-state index contributed by atoms with van der Waals surface area (Å²) in [6, 6.07) is 10.6. The van der Waals surface area contributed by atoms with Crippen LogP contribution < -0.4 is 4.57 Å². The average molecular weight is 383 g/mol. The predicted octanol–water partition coefficient (Wildman–Crippen LogP) is 5.78. The molecule has 0 amide bonds. The standard InChI is InChI=1S/C15H16N3.F6P/c1-13-6-7-17(11-13)14-4-3-5-15(10-14)18-9-8-16(2)12-18;1-7(2,3,4,5)6/h3-12H,1-2H3;/q+1;-1. The van der Waals surface area contributed by atoms with Crippen LogP contribution in [-0.2, 0) is 7.05 Å². The molecule has 3 rings (SSSR count). The Morgan fingerprint density at radius 2 is 1.44 bits per heavy atom. The zero-order valence-corrected chi connectivity index (χ0v) is 14.2. The van der Waals surface area contributed by atoms with Gasteiger partial charge in [0.25, 0.3) is 0 Å². The van der Waals surface area contributed by atoms with Gasteiger partial charge >= 0.3 is 33.0 Å². The van der Waals surface area contributed by atoms with E-state index in [4.69, 9.17) is 0 Å². The fourth-order valence-electron chi connectivity index (χ4n) is 2.08. The first kappa shape index (κ1) is 19.1. The normalized spacial score (nSPS) is 14.2. The van der Waals surface area contributed by atoms with Gasteiger partial charge < -0.3 is 4.57 Å². The number of hydrogen-bond donors (Lipinski definition) is 0. The summed E-state index contributed by atoms with van der Waals surface area (Å²) in [6.07, 6.45) is 10.4. The molecule has 0 aliphatic heterocycles. The molecule has 0 aliphatic rings. The molecule has 3 nitrogen and oxygen atoms in total. The van der Waals surface area contributed by atoms with Gasteiger partial charge in [-0.05, 0) is 30.7 Å². The van der Waals surface area contributed by atoms with E-state index in [1.165, 1.54) is 16.9 Å². The average Bonchev–Trinajstić information content (AvgIpc) is 3.04. The third kappa shape index (κ3) is 7.43. The molecule has 0 aliphatic carbocycles. The third-order valence-electron chi connectivity index (χ3n) is 3.04. The van der Waals surface area contributed by atoms with Gasteiger partial charge in [-0.1, -0.05) is 6.07 Å². The van der Waals surface area contributed by atoms with Crippen molar-refractivity contribution >= 4 is 7.81 Å². The van der Waals surface area contributed by atoms with Crippen molar-refractivity contribution in [3.05, 3.63) is 67.0 Å². The third-order valence-corrected chi connectivity index (χ3v) is 3.04. The van der Waals surface area contributed by atoms with Crippen LogP contribution in [0.5, 0.6) is 0 Å². The minimum absolute atomic E-state index is 1.17. The van der Waals surface area contributed by atoms with Crippen LogP contribution in [0.15, 0.2) is 61.4 Å². The number of nitrogens with zero attached hydrogens (tertiary/aromatic N) is 3. The minimum atomic E-state index is -10.7. The number of rotatable bonds is 2. The first-order valence-corrected chi connectivity index (χ1v) is 9.05. The first-order valence-electron chi connectivity index (χ1n) is 7.02. The summed E-state index contributed by atoms with van der Waals surface area (Å²) in [7, 11) is -8.63. The molecule has 0 fully saturated rings. The molecule has 2 heterocycles. The van der Waals surface area contributed by atoms with Crippen molar-refractivity contribution in [1.29, 1.82) is 0 Å². The number of halogens is 6. The van der Waals surface area contributed by atoms with Crippen LogP contribution in [0, 0.1) is 6.92 Å². The second-order valence-corrected chi connectivity index (χ2v) is 7.48. The molecule has 25 heavy (non-hydrogen) atoms. The molecule has 138 valence electrons. The SMILES string of the molecule is Cc1ccn(-c2cccc(-n3cc[n+](C)c3)c2)c1.F[P-](F)(F)(F)(F)F. The van der Waals surface area contributed by atoms with Gasteiger partial charge in [0, 0.05) is 24.1 Å². The molecule has 0 bridgehead atoms. The van der Waals surface area contributed by atoms with Gasteiger partial charge in [-0.25, -0.2) is 9.13 Å². The summed E-state index contributed by atoms with van der Waals surface area (Å²) in [4.78, 5) is 0. The monoisotopic (exact) mass is 383 g/mol. The molecule has 0 N–H and O–H groups in total. The number of hydrogen-bond acceptors (Lipinski definition) is 0. The zero-order valence-electron chi connectivity index (χ0n) is 13.3. The van der Waals surface area contributed by atoms with Crippen LogP contribution in [0.1, 0.15) is 5.56 Å². The molecule has 0 radical (unpaired) electrons. The van der Waals surface area contributed by atoms with Crippen molar-refractivity contribution in [2.75, 3.05) is 0 Å². The van der Waals surface area contributed by atoms with E-state index in [9.17, 15) is 25.2 Å². The van der Waals surface area contributed by atoms with Crippen molar-refractivity contribution < 1.29 is 29.7 Å². The molecular weight excluding hydrogens is 367 g/mol. The Kier molecular flexibility index (Phi) is 4.29. The Labute approximate surface area is 140 Å². The molecule has 0 atom stereocenters. The molecule has 3 aromatic rings. The molecular formula is C15H16F6N3P. The Hall–Kier alpha value is -2.28. The van der Waals surface area contributed by atoms with Gasteiger partial charge in [-0.3, -0.25) is 0 Å². The molecule has 0 spiro atoms. The molecule has 1 aromatic carbocycles. The van der Waals surface area contributed by atoms with Crippen molar-refractivity contribution in [2.24, 2.45) is 7.05 Å². The molecule has 0 unspecified atom stereocenters. The van der Waals surface area contributed by atoms with E-state index in [1.54, 1.807) is 0 Å². The second kappa shape index (κ2) is 5.62. The van der Waals surface area contributed by atoms with Crippen LogP contribution in [0.25, 0.3) is 11.4 Å². The van der Waals surface area contributed by atoms with Crippen molar-refractivity contribution in [3.8, 4) is 11.4 Å². The van der Waals surface area contributed by atoms with Crippen LogP contribution in [0.3, 0.4) is 0 Å². The van der Waals surface area contributed by atoms with E-state index in [0.29, 0.717) is 0 Å². The molecule has 10 heteroatoms. The zero-order chi connectivity index (χ0) is 18.9. The quantitative estimate of drug-likeness (QED) is 0.302. The van der Waals surface area contributed by atoms with Gasteiger partial charge in [0.1, 0.15) is 18.1 Å². The van der Waals surface area contributed by atoms with Crippen molar-refractivity contribution in [2.45, 2.75) is 6.92 Å². The van der Waals surface area contributed by atoms with E-state index in [-0.39, 0.29) is 0 Å². The Bertz CT molecular complexity index is 813. The first-order chi connectivity index (χ1) is 11.2. The van der Waals surface area contributed by atoms with E-state index >= 15 is 0 Å². The predicted molar refractivity (Wildman–Crippen MR) is 84.6 cm³/mol. The van der Waals surface area contributed by atoms with E-state index in [0.717, 1.165) is 0 Å². The summed E-state index contributed by atoms with van der Waals surface area (Å²) in [5.41, 5.74) is 3.61. The Morgan fingerprint density at radius 1 is 0.880 bits per heavy atom. The number of aromatic nitrogens is 3. The van der Waals surface area contributed by atoms with Crippen LogP contribution in [0.2, 0.25) is 0 Å². The van der Waals surface area contributed by atoms with E-state index in [1.807, 2.05) is 17.8 Å². The van der Waals surface area contributed by atoms with Gasteiger partial charge in [-0.2, -0.15) is 0 Å².